The van der Waals surface area contributed by atoms with E-state index in [1.54, 1.807) is 98.9 Å². The molecule has 1 aliphatic rings. The van der Waals surface area contributed by atoms with Gasteiger partial charge in [-0.25, -0.2) is 35.2 Å². The lowest BCUT2D eigenvalue weighted by Gasteiger charge is -2.09. The van der Waals surface area contributed by atoms with Crippen LogP contribution in [-0.4, -0.2) is 111 Å². The molecular formula is C69H62N6O13S7. The maximum Gasteiger partial charge on any atom is 0.323 e. The molecule has 3 N–H and O–H groups in total. The fourth-order valence-electron chi connectivity index (χ4n) is 11.0. The number of benzene rings is 6. The van der Waals surface area contributed by atoms with Gasteiger partial charge in [0.2, 0.25) is 0 Å². The molecule has 0 atom stereocenters. The van der Waals surface area contributed by atoms with Crippen LogP contribution in [0, 0.1) is 34.6 Å². The minimum Gasteiger partial charge on any atom is -0.480 e. The Kier molecular flexibility index (Phi) is 20.5. The summed E-state index contributed by atoms with van der Waals surface area (Å²) in [5, 5.41) is 35.1. The highest BCUT2D eigenvalue weighted by molar-refractivity contribution is 8.00. The summed E-state index contributed by atoms with van der Waals surface area (Å²) in [6.45, 7) is 9.00. The molecule has 0 bridgehead atoms. The molecule has 0 unspecified atom stereocenters. The largest absolute Gasteiger partial charge is 0.480 e. The second-order valence-electron chi connectivity index (χ2n) is 22.4. The Morgan fingerprint density at radius 3 is 1.21 bits per heavy atom. The number of aryl methyl sites for hydroxylation is 2. The molecule has 0 saturated heterocycles. The lowest BCUT2D eigenvalue weighted by atomic mass is 9.98. The van der Waals surface area contributed by atoms with Gasteiger partial charge < -0.3 is 33.5 Å². The van der Waals surface area contributed by atoms with Gasteiger partial charge in [-0.1, -0.05) is 83.0 Å². The maximum absolute atomic E-state index is 11.8. The van der Waals surface area contributed by atoms with Crippen molar-refractivity contribution in [2.75, 3.05) is 18.8 Å². The van der Waals surface area contributed by atoms with E-state index in [0.717, 1.165) is 130 Å². The smallest absolute Gasteiger partial charge is 0.323 e. The Balaban J connectivity index is 0.000000155. The highest BCUT2D eigenvalue weighted by Crippen LogP contribution is 2.44. The van der Waals surface area contributed by atoms with E-state index in [0.29, 0.717) is 5.76 Å². The normalized spacial score (nSPS) is 12.5. The number of hydrogen-bond donors (Lipinski definition) is 3. The molecule has 19 nitrogen and oxygen atoms in total. The van der Waals surface area contributed by atoms with Crippen LogP contribution in [0.1, 0.15) is 40.5 Å². The number of fused-ring (bicyclic) bond motifs is 3. The van der Waals surface area contributed by atoms with E-state index in [-0.39, 0.29) is 34.3 Å². The summed E-state index contributed by atoms with van der Waals surface area (Å²) in [7, 11) is -9.82. The van der Waals surface area contributed by atoms with E-state index in [1.807, 2.05) is 95.3 Å². The molecule has 5 aromatic heterocycles. The molecule has 5 heterocycles. The fraction of sp³-hybridized carbons (Fsp3) is 0.174. The summed E-state index contributed by atoms with van der Waals surface area (Å²) < 4.78 is 81.2. The van der Waals surface area contributed by atoms with Crippen LogP contribution in [-0.2, 0) is 63.5 Å². The zero-order chi connectivity index (χ0) is 68.4. The van der Waals surface area contributed by atoms with Crippen LogP contribution in [0.4, 0.5) is 0 Å². The highest BCUT2D eigenvalue weighted by Gasteiger charge is 2.24. The summed E-state index contributed by atoms with van der Waals surface area (Å²) >= 11 is 9.80. The van der Waals surface area contributed by atoms with Gasteiger partial charge in [0.15, 0.2) is 29.5 Å². The average molecular weight is 1410 g/mol. The summed E-state index contributed by atoms with van der Waals surface area (Å²) in [6.07, 6.45) is 15.3. The summed E-state index contributed by atoms with van der Waals surface area (Å²) in [4.78, 5) is 49.6. The summed E-state index contributed by atoms with van der Waals surface area (Å²) in [5.41, 5.74) is 11.5. The minimum absolute atomic E-state index is 0.137. The van der Waals surface area contributed by atoms with Crippen molar-refractivity contribution in [1.82, 2.24) is 28.8 Å². The topological polar surface area (TPSA) is 281 Å². The fourth-order valence-corrected chi connectivity index (χ4v) is 16.2. The van der Waals surface area contributed by atoms with E-state index in [9.17, 15) is 55.0 Å². The third kappa shape index (κ3) is 15.8. The van der Waals surface area contributed by atoms with Crippen LogP contribution >= 0.6 is 47.5 Å². The van der Waals surface area contributed by atoms with Crippen LogP contribution in [0.5, 0.6) is 0 Å². The zero-order valence-corrected chi connectivity index (χ0v) is 58.1. The van der Waals surface area contributed by atoms with Gasteiger partial charge in [-0.15, -0.1) is 0 Å². The number of allylic oxidation sites excluding steroid dienone is 4. The molecule has 0 spiro atoms. The minimum atomic E-state index is -3.28. The number of carboxylic acid groups (broad SMARTS) is 3. The van der Waals surface area contributed by atoms with Crippen molar-refractivity contribution in [3.05, 3.63) is 198 Å². The number of aliphatic carboxylic acids is 3. The first-order chi connectivity index (χ1) is 44.9. The van der Waals surface area contributed by atoms with Crippen molar-refractivity contribution in [3.63, 3.8) is 0 Å². The maximum atomic E-state index is 11.8. The van der Waals surface area contributed by atoms with Crippen LogP contribution in [0.15, 0.2) is 213 Å². The van der Waals surface area contributed by atoms with Gasteiger partial charge in [0.05, 0.1) is 20.4 Å². The first kappa shape index (κ1) is 69.0. The lowest BCUT2D eigenvalue weighted by molar-refractivity contribution is -0.138. The lowest BCUT2D eigenvalue weighted by Crippen LogP contribution is -2.09. The van der Waals surface area contributed by atoms with Crippen LogP contribution < -0.4 is 0 Å². The van der Waals surface area contributed by atoms with E-state index in [1.165, 1.54) is 60.4 Å². The summed E-state index contributed by atoms with van der Waals surface area (Å²) in [5.74, 6) is -2.04. The molecule has 11 aromatic rings. The third-order valence-corrected chi connectivity index (χ3v) is 22.9. The number of hydrogen-bond acceptors (Lipinski definition) is 17. The van der Waals surface area contributed by atoms with E-state index >= 15 is 0 Å². The van der Waals surface area contributed by atoms with Crippen molar-refractivity contribution in [2.24, 2.45) is 0 Å². The van der Waals surface area contributed by atoms with Gasteiger partial charge >= 0.3 is 17.9 Å². The van der Waals surface area contributed by atoms with Crippen LogP contribution in [0.3, 0.4) is 0 Å². The number of aromatic nitrogens is 6. The van der Waals surface area contributed by atoms with Crippen LogP contribution in [0.25, 0.3) is 60.5 Å². The number of rotatable bonds is 18. The standard InChI is InChI=1S/C24H21NO4S3.C23H22N2O5S2.C22H19N3O4S2/c1-15-24(31-19-7-9-20(10-8-19)32(2,28)29)21-13-17(16-4-3-5-18(30)12-16)6-11-22(21)25(15)14-23(26)27;1-13-22(15(3)30-24-13)16-5-10-20-19(11-16)23(14(2)25(20)12-21(26)27)31-17-6-8-18(9-7-17)32(4,28)29;1-14-22(30-17-4-6-18(7-5-17)31(2,28)29)19-9-15(16-10-23-13-24-11-16)3-8-20(19)25(14)12-21(26)27/h3-4,6-13H,5,14H2,1-2H3,(H,26,27);5-11H,12H2,1-4H3,(H,26,27);3-11,13H,12H2,1-2H3,(H,26,27). The molecule has 26 heteroatoms. The third-order valence-electron chi connectivity index (χ3n) is 15.6. The number of thiocarbonyl (C=S) groups is 1. The van der Waals surface area contributed by atoms with Crippen molar-refractivity contribution in [2.45, 2.75) is 105 Å². The Morgan fingerprint density at radius 2 is 0.863 bits per heavy atom. The van der Waals surface area contributed by atoms with Gasteiger partial charge in [0.1, 0.15) is 31.7 Å². The van der Waals surface area contributed by atoms with E-state index in [2.05, 4.69) is 27.3 Å². The number of carboxylic acids is 3. The number of nitrogens with zero attached hydrogens (tertiary/aromatic N) is 6. The van der Waals surface area contributed by atoms with Crippen molar-refractivity contribution >= 4 is 138 Å². The van der Waals surface area contributed by atoms with E-state index in [4.69, 9.17) is 16.7 Å². The summed E-state index contributed by atoms with van der Waals surface area (Å²) in [6, 6.07) is 37.8. The van der Waals surface area contributed by atoms with Crippen molar-refractivity contribution in [1.29, 1.82) is 0 Å². The molecule has 488 valence electrons. The van der Waals surface area contributed by atoms with Gasteiger partial charge in [0.25, 0.3) is 0 Å². The van der Waals surface area contributed by atoms with Gasteiger partial charge in [-0.3, -0.25) is 14.4 Å². The molecule has 12 rings (SSSR count). The SMILES string of the molecule is Cc1c(Sc2ccc(S(C)(=O)=O)cc2)c2cc(-c3cncnc3)ccc2n1CC(=O)O.Cc1c(Sc2ccc(S(C)(=O)=O)cc2)c2cc(C3=CC(=S)CC=C3)ccc2n1CC(=O)O.Cc1noc(C)c1-c1ccc2c(c1)c(Sc1ccc(S(C)(=O)=O)cc1)c(C)n2CC(=O)O. The second kappa shape index (κ2) is 28.2. The number of sulfone groups is 3. The van der Waals surface area contributed by atoms with Crippen molar-refractivity contribution < 1.29 is 59.5 Å². The van der Waals surface area contributed by atoms with Crippen LogP contribution in [0.2, 0.25) is 0 Å². The Morgan fingerprint density at radius 1 is 0.505 bits per heavy atom. The zero-order valence-electron chi connectivity index (χ0n) is 52.4. The molecule has 0 saturated carbocycles. The number of carbonyl (C=O) groups is 3. The van der Waals surface area contributed by atoms with Gasteiger partial charge in [-0.2, -0.15) is 0 Å². The first-order valence-electron chi connectivity index (χ1n) is 29.0. The first-order valence-corrected chi connectivity index (χ1v) is 37.5. The van der Waals surface area contributed by atoms with Gasteiger partial charge in [-0.05, 0) is 172 Å². The molecule has 0 radical (unpaired) electrons. The molecule has 0 aliphatic heterocycles. The Hall–Kier alpha value is -8.89. The van der Waals surface area contributed by atoms with Crippen molar-refractivity contribution in [3.8, 4) is 22.3 Å². The van der Waals surface area contributed by atoms with Gasteiger partial charge in [0, 0.05) is 133 Å². The molecule has 95 heavy (non-hydrogen) atoms. The molecule has 6 aromatic carbocycles. The second-order valence-corrected chi connectivity index (χ2v) is 32.2. The van der Waals surface area contributed by atoms with E-state index < -0.39 is 47.4 Å². The molecule has 0 fully saturated rings. The quantitative estimate of drug-likeness (QED) is 0.0673. The highest BCUT2D eigenvalue weighted by atomic mass is 32.2. The molecular weight excluding hydrogens is 1350 g/mol. The predicted molar refractivity (Wildman–Crippen MR) is 374 cm³/mol. The predicted octanol–water partition coefficient (Wildman–Crippen LogP) is 14.2. The molecule has 0 amide bonds. The Bertz CT molecular complexity index is 5270. The monoisotopic (exact) mass is 1410 g/mol. The Labute approximate surface area is 566 Å². The molecule has 1 aliphatic carbocycles. The average Bonchev–Trinajstić information content (AvgIpc) is 1.63.